The number of fused-ring (bicyclic) bond motifs is 1. The van der Waals surface area contributed by atoms with E-state index in [1.165, 1.54) is 11.4 Å². The van der Waals surface area contributed by atoms with Crippen LogP contribution < -0.4 is 19.7 Å². The second-order valence-corrected chi connectivity index (χ2v) is 14.4. The lowest BCUT2D eigenvalue weighted by molar-refractivity contribution is 0.0336. The first-order valence-corrected chi connectivity index (χ1v) is 17.3. The zero-order valence-electron chi connectivity index (χ0n) is 27.4. The van der Waals surface area contributed by atoms with Crippen LogP contribution in [0.1, 0.15) is 39.0 Å². The molecule has 1 aromatic heterocycles. The molecule has 2 amide bonds. The lowest BCUT2D eigenvalue weighted by Gasteiger charge is -2.28. The van der Waals surface area contributed by atoms with E-state index in [2.05, 4.69) is 27.7 Å². The Bertz CT molecular complexity index is 1810. The average Bonchev–Trinajstić information content (AvgIpc) is 3.01. The first-order valence-electron chi connectivity index (χ1n) is 15.4. The number of hydrogen-bond donors (Lipinski definition) is 2. The third kappa shape index (κ3) is 7.43. The molecule has 3 aromatic carbocycles. The molecule has 0 saturated carbocycles. The van der Waals surface area contributed by atoms with Gasteiger partial charge in [-0.2, -0.15) is 0 Å². The van der Waals surface area contributed by atoms with Crippen molar-refractivity contribution < 1.29 is 22.7 Å². The van der Waals surface area contributed by atoms with Gasteiger partial charge in [0.2, 0.25) is 10.0 Å². The summed E-state index contributed by atoms with van der Waals surface area (Å²) in [5, 5.41) is 7.78. The Labute approximate surface area is 271 Å². The molecule has 244 valence electrons. The number of anilines is 3. The number of sulfonamides is 1. The number of ether oxygens (including phenoxy) is 2. The van der Waals surface area contributed by atoms with E-state index in [0.717, 1.165) is 72.3 Å². The fraction of sp³-hybridized carbons (Fsp3) is 0.371. The van der Waals surface area contributed by atoms with Crippen molar-refractivity contribution in [2.24, 2.45) is 0 Å². The Morgan fingerprint density at radius 2 is 1.70 bits per heavy atom. The minimum atomic E-state index is -3.60. The highest BCUT2D eigenvalue weighted by Crippen LogP contribution is 2.42. The van der Waals surface area contributed by atoms with Crippen LogP contribution in [0, 0.1) is 0 Å². The summed E-state index contributed by atoms with van der Waals surface area (Å²) in [6.45, 7) is 12.2. The molecule has 0 atom stereocenters. The van der Waals surface area contributed by atoms with Gasteiger partial charge in [-0.15, -0.1) is 0 Å². The summed E-state index contributed by atoms with van der Waals surface area (Å²) in [5.74, 6) is 0.264. The monoisotopic (exact) mass is 645 g/mol. The first-order chi connectivity index (χ1) is 21.9. The summed E-state index contributed by atoms with van der Waals surface area (Å²) < 4.78 is 37.8. The molecule has 1 saturated heterocycles. The molecule has 46 heavy (non-hydrogen) atoms. The van der Waals surface area contributed by atoms with Gasteiger partial charge in [-0.3, -0.25) is 14.2 Å². The fourth-order valence-corrected chi connectivity index (χ4v) is 6.69. The number of urea groups is 1. The molecule has 0 aliphatic carbocycles. The van der Waals surface area contributed by atoms with Crippen molar-refractivity contribution in [3.63, 3.8) is 0 Å². The molecule has 4 aromatic rings. The largest absolute Gasteiger partial charge is 0.492 e. The lowest BCUT2D eigenvalue weighted by Crippen LogP contribution is -2.35. The highest BCUT2D eigenvalue weighted by atomic mass is 32.2. The van der Waals surface area contributed by atoms with Crippen LogP contribution in [0.25, 0.3) is 21.9 Å². The highest BCUT2D eigenvalue weighted by Gasteiger charge is 2.27. The third-order valence-electron chi connectivity index (χ3n) is 8.14. The molecule has 1 fully saturated rings. The number of hydrogen-bond acceptors (Lipinski definition) is 7. The second-order valence-electron chi connectivity index (χ2n) is 12.5. The van der Waals surface area contributed by atoms with Crippen molar-refractivity contribution in [2.45, 2.75) is 39.7 Å². The summed E-state index contributed by atoms with van der Waals surface area (Å²) >= 11 is 0. The normalized spacial score (nSPS) is 14.2. The summed E-state index contributed by atoms with van der Waals surface area (Å²) in [5.41, 5.74) is 4.90. The summed E-state index contributed by atoms with van der Waals surface area (Å²) in [6.07, 6.45) is 3.06. The molecule has 11 heteroatoms. The van der Waals surface area contributed by atoms with Gasteiger partial charge in [-0.05, 0) is 53.1 Å². The van der Waals surface area contributed by atoms with E-state index < -0.39 is 16.1 Å². The number of methoxy groups -OCH3 is 1. The maximum atomic E-state index is 13.5. The van der Waals surface area contributed by atoms with Crippen molar-refractivity contribution in [3.8, 4) is 16.9 Å². The van der Waals surface area contributed by atoms with E-state index in [4.69, 9.17) is 14.5 Å². The summed E-state index contributed by atoms with van der Waals surface area (Å²) in [7, 11) is -2.14. The van der Waals surface area contributed by atoms with Crippen molar-refractivity contribution in [1.29, 1.82) is 0 Å². The molecular formula is C35H43N5O5S. The molecule has 1 aliphatic rings. The fourth-order valence-electron chi connectivity index (χ4n) is 5.72. The molecule has 0 bridgehead atoms. The minimum Gasteiger partial charge on any atom is -0.492 e. The predicted octanol–water partition coefficient (Wildman–Crippen LogP) is 6.47. The molecule has 1 aliphatic heterocycles. The van der Waals surface area contributed by atoms with Crippen LogP contribution in [-0.2, 0) is 26.7 Å². The van der Waals surface area contributed by atoms with Gasteiger partial charge in [0.05, 0.1) is 49.3 Å². The predicted molar refractivity (Wildman–Crippen MR) is 185 cm³/mol. The van der Waals surface area contributed by atoms with Crippen LogP contribution in [0.2, 0.25) is 0 Å². The molecule has 10 nitrogen and oxygen atoms in total. The first kappa shape index (κ1) is 33.2. The number of carbonyl (C=O) groups excluding carboxylic acids is 1. The maximum absolute atomic E-state index is 13.5. The number of benzene rings is 3. The SMILES string of the molecule is CCN(c1cc(C(C)(C)C)cc(NC(=O)Nc2ccc(-c3ccc(CN4CCOCC4)nc3)c3ccccc23)c1OC)S(C)(=O)=O. The molecule has 0 spiro atoms. The highest BCUT2D eigenvalue weighted by molar-refractivity contribution is 7.92. The Hall–Kier alpha value is -4.19. The quantitative estimate of drug-likeness (QED) is 0.215. The number of pyridine rings is 1. The Kier molecular flexibility index (Phi) is 9.85. The van der Waals surface area contributed by atoms with Gasteiger partial charge in [0.15, 0.2) is 5.75 Å². The van der Waals surface area contributed by atoms with Gasteiger partial charge in [0, 0.05) is 43.3 Å². The molecule has 0 unspecified atom stereocenters. The van der Waals surface area contributed by atoms with Crippen LogP contribution >= 0.6 is 0 Å². The zero-order chi connectivity index (χ0) is 33.1. The topological polar surface area (TPSA) is 113 Å². The Balaban J connectivity index is 1.43. The molecule has 2 heterocycles. The van der Waals surface area contributed by atoms with Crippen LogP contribution in [0.5, 0.6) is 5.75 Å². The van der Waals surface area contributed by atoms with Crippen LogP contribution in [0.3, 0.4) is 0 Å². The van der Waals surface area contributed by atoms with Gasteiger partial charge in [0.1, 0.15) is 0 Å². The van der Waals surface area contributed by atoms with Gasteiger partial charge in [0.25, 0.3) is 0 Å². The van der Waals surface area contributed by atoms with Gasteiger partial charge >= 0.3 is 6.03 Å². The van der Waals surface area contributed by atoms with Gasteiger partial charge in [-0.25, -0.2) is 13.2 Å². The van der Waals surface area contributed by atoms with Gasteiger partial charge in [-0.1, -0.05) is 57.2 Å². The second kappa shape index (κ2) is 13.7. The lowest BCUT2D eigenvalue weighted by atomic mass is 9.86. The summed E-state index contributed by atoms with van der Waals surface area (Å²) in [6, 6.07) is 19.1. The van der Waals surface area contributed by atoms with Gasteiger partial charge < -0.3 is 20.1 Å². The van der Waals surface area contributed by atoms with E-state index in [0.29, 0.717) is 17.1 Å². The average molecular weight is 646 g/mol. The number of carbonyl (C=O) groups is 1. The number of aromatic nitrogens is 1. The molecule has 5 rings (SSSR count). The minimum absolute atomic E-state index is 0.207. The third-order valence-corrected chi connectivity index (χ3v) is 9.40. The number of morpholine rings is 1. The summed E-state index contributed by atoms with van der Waals surface area (Å²) in [4.78, 5) is 20.6. The number of nitrogens with zero attached hydrogens (tertiary/aromatic N) is 3. The van der Waals surface area contributed by atoms with E-state index in [-0.39, 0.29) is 17.7 Å². The van der Waals surface area contributed by atoms with E-state index in [1.807, 2.05) is 75.5 Å². The number of nitrogens with one attached hydrogen (secondary N) is 2. The number of rotatable bonds is 9. The maximum Gasteiger partial charge on any atom is 0.323 e. The van der Waals surface area contributed by atoms with Crippen molar-refractivity contribution in [3.05, 3.63) is 78.1 Å². The van der Waals surface area contributed by atoms with Crippen LogP contribution in [-0.4, -0.2) is 70.5 Å². The van der Waals surface area contributed by atoms with E-state index in [9.17, 15) is 13.2 Å². The molecule has 0 radical (unpaired) electrons. The van der Waals surface area contributed by atoms with E-state index in [1.54, 1.807) is 6.92 Å². The number of amides is 2. The van der Waals surface area contributed by atoms with Crippen LogP contribution in [0.15, 0.2) is 66.9 Å². The van der Waals surface area contributed by atoms with Crippen LogP contribution in [0.4, 0.5) is 21.9 Å². The molecular weight excluding hydrogens is 602 g/mol. The van der Waals surface area contributed by atoms with Crippen molar-refractivity contribution in [1.82, 2.24) is 9.88 Å². The standard InChI is InChI=1S/C35H43N5O5S/c1-7-40(46(6,42)43)32-21-25(35(2,3)4)20-31(33(32)44-5)38-34(41)37-30-15-14-27(28-10-8-9-11-29(28)30)24-12-13-26(36-22-24)23-39-16-18-45-19-17-39/h8-15,20-22H,7,16-19,23H2,1-6H3,(H2,37,38,41). The van der Waals surface area contributed by atoms with E-state index >= 15 is 0 Å². The Morgan fingerprint density at radius 1 is 1.00 bits per heavy atom. The molecule has 2 N–H and O–H groups in total. The van der Waals surface area contributed by atoms with Crippen molar-refractivity contribution >= 4 is 43.9 Å². The zero-order valence-corrected chi connectivity index (χ0v) is 28.2. The Morgan fingerprint density at radius 3 is 2.30 bits per heavy atom. The van der Waals surface area contributed by atoms with Crippen molar-refractivity contribution in [2.75, 3.05) is 61.2 Å². The smallest absolute Gasteiger partial charge is 0.323 e.